The molecule has 0 saturated carbocycles. The minimum Gasteiger partial charge on any atom is -0.369 e. The summed E-state index contributed by atoms with van der Waals surface area (Å²) in [7, 11) is -2.56. The van der Waals surface area contributed by atoms with Crippen molar-refractivity contribution in [2.45, 2.75) is 25.4 Å². The van der Waals surface area contributed by atoms with Gasteiger partial charge in [0.2, 0.25) is 10.0 Å². The highest BCUT2D eigenvalue weighted by Crippen LogP contribution is 2.39. The van der Waals surface area contributed by atoms with E-state index in [4.69, 9.17) is 0 Å². The molecule has 0 aliphatic carbocycles. The van der Waals surface area contributed by atoms with E-state index in [1.54, 1.807) is 37.2 Å². The number of fused-ring (bicyclic) bond motifs is 3. The minimum atomic E-state index is -4.67. The second kappa shape index (κ2) is 10.4. The Morgan fingerprint density at radius 1 is 1.12 bits per heavy atom. The molecule has 6 rings (SSSR count). The second-order valence-electron chi connectivity index (χ2n) is 9.96. The average molecular weight is 614 g/mol. The van der Waals surface area contributed by atoms with E-state index < -0.39 is 33.3 Å². The van der Waals surface area contributed by atoms with E-state index in [1.807, 2.05) is 10.6 Å². The summed E-state index contributed by atoms with van der Waals surface area (Å²) in [6.45, 7) is 2.85. The second-order valence-corrected chi connectivity index (χ2v) is 11.7. The van der Waals surface area contributed by atoms with Crippen LogP contribution in [0.5, 0.6) is 0 Å². The molecule has 5 heterocycles. The molecule has 2 N–H and O–H groups in total. The van der Waals surface area contributed by atoms with E-state index in [1.165, 1.54) is 12.1 Å². The highest BCUT2D eigenvalue weighted by molar-refractivity contribution is 7.91. The van der Waals surface area contributed by atoms with Crippen molar-refractivity contribution >= 4 is 27.2 Å². The number of rotatable bonds is 6. The SMILES string of the molecule is Cc1cc(F)c(NS(=O)(=O)Cc2cc(C(F)(F)F)ccn2)cc1-c1cc2cnc(=Nc3cnn(C)c3)nc-2n2c1NCC2. The maximum Gasteiger partial charge on any atom is 0.416 e. The number of anilines is 2. The van der Waals surface area contributed by atoms with Crippen molar-refractivity contribution in [3.05, 3.63) is 83.4 Å². The third-order valence-corrected chi connectivity index (χ3v) is 7.97. The van der Waals surface area contributed by atoms with Crippen molar-refractivity contribution in [3.63, 3.8) is 0 Å². The Hall–Kier alpha value is -4.86. The maximum absolute atomic E-state index is 15.0. The van der Waals surface area contributed by atoms with Gasteiger partial charge in [0.25, 0.3) is 5.62 Å². The molecule has 0 radical (unpaired) electrons. The molecule has 16 heteroatoms. The largest absolute Gasteiger partial charge is 0.416 e. The number of aryl methyl sites for hydroxylation is 2. The van der Waals surface area contributed by atoms with Gasteiger partial charge in [0, 0.05) is 43.7 Å². The average Bonchev–Trinajstić information content (AvgIpc) is 3.59. The van der Waals surface area contributed by atoms with Crippen LogP contribution in [0.1, 0.15) is 16.8 Å². The van der Waals surface area contributed by atoms with Gasteiger partial charge in [0.15, 0.2) is 0 Å². The van der Waals surface area contributed by atoms with Crippen LogP contribution in [0.4, 0.5) is 34.8 Å². The number of alkyl halides is 3. The molecule has 2 aromatic heterocycles. The predicted molar refractivity (Wildman–Crippen MR) is 149 cm³/mol. The molecule has 43 heavy (non-hydrogen) atoms. The molecule has 0 spiro atoms. The third kappa shape index (κ3) is 5.77. The number of hydrogen-bond acceptors (Lipinski definition) is 8. The van der Waals surface area contributed by atoms with Gasteiger partial charge in [0.1, 0.15) is 28.9 Å². The summed E-state index contributed by atoms with van der Waals surface area (Å²) in [6.07, 6.45) is 1.16. The lowest BCUT2D eigenvalue weighted by Gasteiger charge is -2.19. The number of nitrogens with zero attached hydrogens (tertiary/aromatic N) is 7. The molecule has 0 fully saturated rings. The Morgan fingerprint density at radius 3 is 2.67 bits per heavy atom. The normalized spacial score (nSPS) is 13.8. The summed E-state index contributed by atoms with van der Waals surface area (Å²) in [5.41, 5.74) is 1.51. The van der Waals surface area contributed by atoms with Crippen molar-refractivity contribution in [2.75, 3.05) is 16.6 Å². The molecular weight excluding hydrogens is 590 g/mol. The van der Waals surface area contributed by atoms with Crippen LogP contribution < -0.4 is 15.7 Å². The summed E-state index contributed by atoms with van der Waals surface area (Å²) < 4.78 is 85.8. The summed E-state index contributed by atoms with van der Waals surface area (Å²) in [5, 5.41) is 7.41. The monoisotopic (exact) mass is 613 g/mol. The van der Waals surface area contributed by atoms with E-state index in [0.717, 1.165) is 12.3 Å². The Bertz CT molecular complexity index is 2020. The van der Waals surface area contributed by atoms with Crippen molar-refractivity contribution in [3.8, 4) is 22.5 Å². The summed E-state index contributed by atoms with van der Waals surface area (Å²) in [5.74, 6) is -0.415. The highest BCUT2D eigenvalue weighted by Gasteiger charge is 2.31. The Morgan fingerprint density at radius 2 is 1.93 bits per heavy atom. The van der Waals surface area contributed by atoms with Crippen LogP contribution in [0, 0.1) is 12.7 Å². The van der Waals surface area contributed by atoms with E-state index in [-0.39, 0.29) is 17.0 Å². The number of pyridine rings is 2. The molecular formula is C27H23F4N9O2S. The quantitative estimate of drug-likeness (QED) is 0.274. The summed E-state index contributed by atoms with van der Waals surface area (Å²) >= 11 is 0. The fourth-order valence-electron chi connectivity index (χ4n) is 4.87. The zero-order valence-electron chi connectivity index (χ0n) is 22.7. The van der Waals surface area contributed by atoms with Crippen LogP contribution in [0.3, 0.4) is 0 Å². The van der Waals surface area contributed by atoms with Crippen molar-refractivity contribution < 1.29 is 26.0 Å². The zero-order valence-corrected chi connectivity index (χ0v) is 23.5. The first-order valence-corrected chi connectivity index (χ1v) is 14.5. The van der Waals surface area contributed by atoms with Crippen molar-refractivity contribution in [1.82, 2.24) is 29.3 Å². The Labute approximate surface area is 242 Å². The summed E-state index contributed by atoms with van der Waals surface area (Å²) in [4.78, 5) is 17.2. The van der Waals surface area contributed by atoms with Gasteiger partial charge in [-0.1, -0.05) is 0 Å². The van der Waals surface area contributed by atoms with Gasteiger partial charge in [0.05, 0.1) is 29.3 Å². The molecule has 3 aliphatic heterocycles. The number of halogens is 4. The number of nitrogens with one attached hydrogen (secondary N) is 2. The van der Waals surface area contributed by atoms with Crippen LogP contribution in [-0.2, 0) is 35.5 Å². The van der Waals surface area contributed by atoms with E-state index in [9.17, 15) is 21.6 Å². The van der Waals surface area contributed by atoms with E-state index in [0.29, 0.717) is 58.7 Å². The van der Waals surface area contributed by atoms with Gasteiger partial charge >= 0.3 is 6.18 Å². The molecule has 0 saturated heterocycles. The molecule has 3 aromatic rings. The number of sulfonamides is 1. The highest BCUT2D eigenvalue weighted by atomic mass is 32.2. The van der Waals surface area contributed by atoms with Crippen molar-refractivity contribution in [2.24, 2.45) is 12.0 Å². The zero-order chi connectivity index (χ0) is 30.5. The molecule has 222 valence electrons. The first-order valence-electron chi connectivity index (χ1n) is 12.9. The number of hydrogen-bond donors (Lipinski definition) is 2. The topological polar surface area (TPSA) is 132 Å². The van der Waals surface area contributed by atoms with Crippen molar-refractivity contribution in [1.29, 1.82) is 0 Å². The first kappa shape index (κ1) is 28.3. The number of benzene rings is 1. The van der Waals surface area contributed by atoms with E-state index in [2.05, 4.69) is 35.1 Å². The molecule has 11 nitrogen and oxygen atoms in total. The van der Waals surface area contributed by atoms with Crippen LogP contribution in [-0.4, -0.2) is 44.3 Å². The first-order chi connectivity index (χ1) is 20.4. The van der Waals surface area contributed by atoms with Crippen LogP contribution >= 0.6 is 0 Å². The lowest BCUT2D eigenvalue weighted by molar-refractivity contribution is -0.137. The van der Waals surface area contributed by atoms with E-state index >= 15 is 4.39 Å². The summed E-state index contributed by atoms with van der Waals surface area (Å²) in [6, 6.07) is 5.76. The molecule has 0 unspecified atom stereocenters. The van der Waals surface area contributed by atoms with Crippen LogP contribution in [0.2, 0.25) is 0 Å². The molecule has 0 atom stereocenters. The molecule has 3 aliphatic rings. The standard InChI is InChI=1S/C27H23F4N9O2S/c1-15-7-22(28)23(38-43(41,42)14-18-9-17(3-4-32-18)27(29,30)31)10-20(15)21-8-16-11-34-26(36-19-12-35-39(2)13-19)37-24(16)40-6-5-33-25(21)40/h3-4,7-13,33,38H,5-6,14H2,1-2H3. The lowest BCUT2D eigenvalue weighted by Crippen LogP contribution is -2.18. The number of aromatic nitrogens is 6. The van der Waals surface area contributed by atoms with Gasteiger partial charge in [-0.3, -0.25) is 14.4 Å². The molecule has 0 amide bonds. The third-order valence-electron chi connectivity index (χ3n) is 6.76. The maximum atomic E-state index is 15.0. The van der Waals surface area contributed by atoms with Gasteiger partial charge in [-0.2, -0.15) is 23.3 Å². The Kier molecular flexibility index (Phi) is 6.87. The van der Waals surface area contributed by atoms with Gasteiger partial charge in [-0.15, -0.1) is 0 Å². The fraction of sp³-hybridized carbons (Fsp3) is 0.222. The van der Waals surface area contributed by atoms with Gasteiger partial charge in [-0.25, -0.2) is 22.8 Å². The van der Waals surface area contributed by atoms with Crippen LogP contribution in [0.25, 0.3) is 22.5 Å². The predicted octanol–water partition coefficient (Wildman–Crippen LogP) is 4.24. The molecule has 0 bridgehead atoms. The molecule has 1 aromatic carbocycles. The Balaban J connectivity index is 1.37. The van der Waals surface area contributed by atoms with Gasteiger partial charge in [-0.05, 0) is 48.4 Å². The minimum absolute atomic E-state index is 0.250. The van der Waals surface area contributed by atoms with Crippen LogP contribution in [0.15, 0.2) is 60.1 Å². The fourth-order valence-corrected chi connectivity index (χ4v) is 5.99. The lowest BCUT2D eigenvalue weighted by atomic mass is 9.98. The van der Waals surface area contributed by atoms with Gasteiger partial charge < -0.3 is 9.88 Å². The smallest absolute Gasteiger partial charge is 0.369 e.